The second-order valence-electron chi connectivity index (χ2n) is 3.00. The van der Waals surface area contributed by atoms with Gasteiger partial charge in [0.25, 0.3) is 0 Å². The quantitative estimate of drug-likeness (QED) is 0.429. The molecule has 1 unspecified atom stereocenters. The highest BCUT2D eigenvalue weighted by Gasteiger charge is 1.95. The Morgan fingerprint density at radius 3 is 2.75 bits per heavy atom. The number of nitrogens with one attached hydrogen (secondary N) is 1. The van der Waals surface area contributed by atoms with Gasteiger partial charge in [0.2, 0.25) is 0 Å². The number of aliphatic hydroxyl groups excluding tert-OH is 1. The molecule has 0 bridgehead atoms. The molecular formula is C9H21NO2. The molecule has 0 aliphatic carbocycles. The van der Waals surface area contributed by atoms with Crippen LogP contribution in [0.15, 0.2) is 0 Å². The predicted molar refractivity (Wildman–Crippen MR) is 50.0 cm³/mol. The number of rotatable bonds is 8. The van der Waals surface area contributed by atoms with Crippen molar-refractivity contribution in [2.75, 3.05) is 19.9 Å². The molecule has 3 heteroatoms. The molecular weight excluding hydrogens is 154 g/mol. The highest BCUT2D eigenvalue weighted by Crippen LogP contribution is 1.89. The topological polar surface area (TPSA) is 41.5 Å². The van der Waals surface area contributed by atoms with E-state index in [0.29, 0.717) is 12.8 Å². The van der Waals surface area contributed by atoms with Gasteiger partial charge in [0.15, 0.2) is 0 Å². The third-order valence-electron chi connectivity index (χ3n) is 1.84. The highest BCUT2D eigenvalue weighted by molar-refractivity contribution is 4.52. The Kier molecular flexibility index (Phi) is 8.88. The standard InChI is InChI=1S/C9H21NO2/c1-3-9(2)10-8-12-7-5-4-6-11/h9-11H,3-8H2,1-2H3. The summed E-state index contributed by atoms with van der Waals surface area (Å²) in [7, 11) is 0. The van der Waals surface area contributed by atoms with Crippen LogP contribution in [0.4, 0.5) is 0 Å². The zero-order valence-corrected chi connectivity index (χ0v) is 8.18. The Bertz CT molecular complexity index is 88.6. The van der Waals surface area contributed by atoms with Gasteiger partial charge in [-0.25, -0.2) is 0 Å². The van der Waals surface area contributed by atoms with Crippen molar-refractivity contribution in [3.05, 3.63) is 0 Å². The van der Waals surface area contributed by atoms with Crippen LogP contribution in [0, 0.1) is 0 Å². The third kappa shape index (κ3) is 7.98. The van der Waals surface area contributed by atoms with E-state index in [0.717, 1.165) is 25.9 Å². The molecule has 0 aromatic carbocycles. The van der Waals surface area contributed by atoms with Gasteiger partial charge in [-0.15, -0.1) is 0 Å². The van der Waals surface area contributed by atoms with Crippen LogP contribution < -0.4 is 5.32 Å². The third-order valence-corrected chi connectivity index (χ3v) is 1.84. The van der Waals surface area contributed by atoms with E-state index in [1.165, 1.54) is 0 Å². The summed E-state index contributed by atoms with van der Waals surface area (Å²) in [5.74, 6) is 0. The second-order valence-corrected chi connectivity index (χ2v) is 3.00. The fourth-order valence-electron chi connectivity index (χ4n) is 0.734. The van der Waals surface area contributed by atoms with Gasteiger partial charge >= 0.3 is 0 Å². The van der Waals surface area contributed by atoms with Gasteiger partial charge in [-0.3, -0.25) is 5.32 Å². The SMILES string of the molecule is CCC(C)NCOCCCCO. The van der Waals surface area contributed by atoms with E-state index in [9.17, 15) is 0 Å². The monoisotopic (exact) mass is 175 g/mol. The second kappa shape index (κ2) is 8.97. The van der Waals surface area contributed by atoms with Crippen molar-refractivity contribution in [3.8, 4) is 0 Å². The first-order valence-corrected chi connectivity index (χ1v) is 4.73. The van der Waals surface area contributed by atoms with Crippen LogP contribution in [-0.4, -0.2) is 31.1 Å². The summed E-state index contributed by atoms with van der Waals surface area (Å²) >= 11 is 0. The van der Waals surface area contributed by atoms with E-state index in [4.69, 9.17) is 9.84 Å². The van der Waals surface area contributed by atoms with Crippen molar-refractivity contribution in [3.63, 3.8) is 0 Å². The number of hydrogen-bond acceptors (Lipinski definition) is 3. The summed E-state index contributed by atoms with van der Waals surface area (Å²) in [6.07, 6.45) is 2.90. The molecule has 0 fully saturated rings. The highest BCUT2D eigenvalue weighted by atomic mass is 16.5. The predicted octanol–water partition coefficient (Wildman–Crippen LogP) is 1.12. The lowest BCUT2D eigenvalue weighted by Gasteiger charge is -2.11. The zero-order valence-electron chi connectivity index (χ0n) is 8.18. The van der Waals surface area contributed by atoms with Gasteiger partial charge in [0, 0.05) is 19.3 Å². The maximum Gasteiger partial charge on any atom is 0.0967 e. The number of ether oxygens (including phenoxy) is 1. The van der Waals surface area contributed by atoms with Crippen LogP contribution in [0.5, 0.6) is 0 Å². The van der Waals surface area contributed by atoms with Crippen LogP contribution in [0.3, 0.4) is 0 Å². The molecule has 1 atom stereocenters. The molecule has 3 nitrogen and oxygen atoms in total. The van der Waals surface area contributed by atoms with Gasteiger partial charge < -0.3 is 9.84 Å². The van der Waals surface area contributed by atoms with Crippen molar-refractivity contribution in [1.82, 2.24) is 5.32 Å². The van der Waals surface area contributed by atoms with E-state index in [2.05, 4.69) is 19.2 Å². The molecule has 0 spiro atoms. The molecule has 0 saturated heterocycles. The summed E-state index contributed by atoms with van der Waals surface area (Å²) < 4.78 is 5.29. The summed E-state index contributed by atoms with van der Waals surface area (Å²) in [5.41, 5.74) is 0. The molecule has 0 rings (SSSR count). The van der Waals surface area contributed by atoms with E-state index in [1.807, 2.05) is 0 Å². The van der Waals surface area contributed by atoms with Crippen molar-refractivity contribution >= 4 is 0 Å². The van der Waals surface area contributed by atoms with Crippen molar-refractivity contribution in [2.24, 2.45) is 0 Å². The van der Waals surface area contributed by atoms with Crippen LogP contribution in [0.2, 0.25) is 0 Å². The molecule has 0 heterocycles. The van der Waals surface area contributed by atoms with E-state index in [1.54, 1.807) is 0 Å². The summed E-state index contributed by atoms with van der Waals surface area (Å²) in [4.78, 5) is 0. The molecule has 0 aromatic heterocycles. The first kappa shape index (κ1) is 11.9. The van der Waals surface area contributed by atoms with Gasteiger partial charge in [-0.05, 0) is 26.2 Å². The Morgan fingerprint density at radius 2 is 2.17 bits per heavy atom. The molecule has 12 heavy (non-hydrogen) atoms. The minimum atomic E-state index is 0.266. The lowest BCUT2D eigenvalue weighted by atomic mass is 10.3. The van der Waals surface area contributed by atoms with E-state index >= 15 is 0 Å². The van der Waals surface area contributed by atoms with Crippen molar-refractivity contribution < 1.29 is 9.84 Å². The molecule has 0 saturated carbocycles. The fourth-order valence-corrected chi connectivity index (χ4v) is 0.734. The van der Waals surface area contributed by atoms with E-state index in [-0.39, 0.29) is 6.61 Å². The van der Waals surface area contributed by atoms with Crippen LogP contribution in [0.25, 0.3) is 0 Å². The minimum Gasteiger partial charge on any atom is -0.396 e. The van der Waals surface area contributed by atoms with Crippen molar-refractivity contribution in [2.45, 2.75) is 39.2 Å². The van der Waals surface area contributed by atoms with Crippen LogP contribution in [-0.2, 0) is 4.74 Å². The van der Waals surface area contributed by atoms with Gasteiger partial charge in [0.1, 0.15) is 0 Å². The molecule has 0 radical (unpaired) electrons. The zero-order chi connectivity index (χ0) is 9.23. The van der Waals surface area contributed by atoms with Gasteiger partial charge in [-0.1, -0.05) is 6.92 Å². The normalized spacial score (nSPS) is 13.2. The maximum atomic E-state index is 8.48. The number of aliphatic hydroxyl groups is 1. The summed E-state index contributed by atoms with van der Waals surface area (Å²) in [5, 5.41) is 11.7. The van der Waals surface area contributed by atoms with Crippen molar-refractivity contribution in [1.29, 1.82) is 0 Å². The van der Waals surface area contributed by atoms with Gasteiger partial charge in [-0.2, -0.15) is 0 Å². The smallest absolute Gasteiger partial charge is 0.0967 e. The van der Waals surface area contributed by atoms with Crippen LogP contribution in [0.1, 0.15) is 33.1 Å². The average Bonchev–Trinajstić information content (AvgIpc) is 2.10. The maximum absolute atomic E-state index is 8.48. The number of unbranched alkanes of at least 4 members (excludes halogenated alkanes) is 1. The summed E-state index contributed by atoms with van der Waals surface area (Å²) in [6, 6.07) is 0.530. The lowest BCUT2D eigenvalue weighted by molar-refractivity contribution is 0.102. The first-order chi connectivity index (χ1) is 5.81. The Morgan fingerprint density at radius 1 is 1.42 bits per heavy atom. The minimum absolute atomic E-state index is 0.266. The molecule has 0 aliphatic rings. The first-order valence-electron chi connectivity index (χ1n) is 4.73. The Hall–Kier alpha value is -0.120. The van der Waals surface area contributed by atoms with Gasteiger partial charge in [0.05, 0.1) is 6.73 Å². The van der Waals surface area contributed by atoms with Crippen LogP contribution >= 0.6 is 0 Å². The number of hydrogen-bond donors (Lipinski definition) is 2. The lowest BCUT2D eigenvalue weighted by Crippen LogP contribution is -2.27. The molecule has 74 valence electrons. The Balaban J connectivity index is 2.90. The fraction of sp³-hybridized carbons (Fsp3) is 1.00. The molecule has 2 N–H and O–H groups in total. The van der Waals surface area contributed by atoms with E-state index < -0.39 is 0 Å². The molecule has 0 amide bonds. The molecule has 0 aromatic rings. The molecule has 0 aliphatic heterocycles. The Labute approximate surface area is 75.1 Å². The average molecular weight is 175 g/mol. The largest absolute Gasteiger partial charge is 0.396 e. The summed E-state index contributed by atoms with van der Waals surface area (Å²) in [6.45, 7) is 5.91.